The number of fused-ring (bicyclic) bond motifs is 1. The van der Waals surface area contributed by atoms with E-state index in [0.717, 1.165) is 54.4 Å². The van der Waals surface area contributed by atoms with Crippen LogP contribution in [0.2, 0.25) is 0 Å². The number of thiophene rings is 1. The average molecular weight is 391 g/mol. The highest BCUT2D eigenvalue weighted by atomic mass is 32.1. The van der Waals surface area contributed by atoms with Gasteiger partial charge in [0.1, 0.15) is 5.69 Å². The molecule has 0 saturated carbocycles. The van der Waals surface area contributed by atoms with E-state index < -0.39 is 0 Å². The lowest BCUT2D eigenvalue weighted by Crippen LogP contribution is -2.45. The molecule has 0 aliphatic carbocycles. The minimum Gasteiger partial charge on any atom is -0.354 e. The van der Waals surface area contributed by atoms with E-state index in [1.54, 1.807) is 11.3 Å². The molecule has 3 aromatic rings. The largest absolute Gasteiger partial charge is 0.354 e. The number of benzene rings is 1. The molecule has 6 heteroatoms. The van der Waals surface area contributed by atoms with Crippen LogP contribution in [0.4, 0.5) is 11.5 Å². The zero-order chi connectivity index (χ0) is 18.9. The Labute approximate surface area is 168 Å². The quantitative estimate of drug-likeness (QED) is 0.678. The van der Waals surface area contributed by atoms with Crippen molar-refractivity contribution in [1.29, 1.82) is 0 Å². The van der Waals surface area contributed by atoms with Crippen molar-refractivity contribution in [2.75, 3.05) is 29.4 Å². The molecule has 142 valence electrons. The molecule has 1 saturated heterocycles. The Morgan fingerprint density at radius 2 is 1.96 bits per heavy atom. The topological polar surface area (TPSA) is 49.3 Å². The van der Waals surface area contributed by atoms with Gasteiger partial charge >= 0.3 is 0 Å². The highest BCUT2D eigenvalue weighted by Gasteiger charge is 2.33. The first-order chi connectivity index (χ1) is 13.8. The molecule has 2 aliphatic heterocycles. The van der Waals surface area contributed by atoms with Crippen LogP contribution in [0.1, 0.15) is 18.4 Å². The summed E-state index contributed by atoms with van der Waals surface area (Å²) >= 11 is 1.66. The fourth-order valence-electron chi connectivity index (χ4n) is 4.22. The second-order valence-electron chi connectivity index (χ2n) is 7.41. The summed E-state index contributed by atoms with van der Waals surface area (Å²) in [6.45, 7) is 2.43. The van der Waals surface area contributed by atoms with Gasteiger partial charge in [-0.25, -0.2) is 0 Å². The lowest BCUT2D eigenvalue weighted by atomic mass is 9.96. The van der Waals surface area contributed by atoms with Crippen LogP contribution >= 0.6 is 11.3 Å². The lowest BCUT2D eigenvalue weighted by Gasteiger charge is -2.34. The van der Waals surface area contributed by atoms with Crippen LogP contribution in [-0.2, 0) is 11.2 Å². The predicted octanol–water partition coefficient (Wildman–Crippen LogP) is 4.01. The third-order valence-electron chi connectivity index (χ3n) is 5.67. The molecule has 0 spiro atoms. The Bertz CT molecular complexity index is 970. The minimum absolute atomic E-state index is 0.0127. The molecule has 0 radical (unpaired) electrons. The molecule has 1 fully saturated rings. The summed E-state index contributed by atoms with van der Waals surface area (Å²) in [7, 11) is 0. The van der Waals surface area contributed by atoms with Gasteiger partial charge in [-0.1, -0.05) is 24.3 Å². The third kappa shape index (κ3) is 3.18. The first-order valence-corrected chi connectivity index (χ1v) is 10.7. The molecular formula is C22H22N4OS. The first-order valence-electron chi connectivity index (χ1n) is 9.81. The van der Waals surface area contributed by atoms with Gasteiger partial charge in [-0.3, -0.25) is 4.79 Å². The molecule has 1 unspecified atom stereocenters. The smallest absolute Gasteiger partial charge is 0.231 e. The van der Waals surface area contributed by atoms with Crippen molar-refractivity contribution in [3.63, 3.8) is 0 Å². The number of nitrogens with zero attached hydrogens (tertiary/aromatic N) is 4. The van der Waals surface area contributed by atoms with E-state index in [-0.39, 0.29) is 11.8 Å². The van der Waals surface area contributed by atoms with Gasteiger partial charge in [0, 0.05) is 25.3 Å². The van der Waals surface area contributed by atoms with Gasteiger partial charge in [-0.15, -0.1) is 21.5 Å². The molecule has 4 heterocycles. The fourth-order valence-corrected chi connectivity index (χ4v) is 4.91. The molecular weight excluding hydrogens is 368 g/mol. The summed E-state index contributed by atoms with van der Waals surface area (Å²) in [6.07, 6.45) is 2.89. The number of hydrogen-bond donors (Lipinski definition) is 0. The van der Waals surface area contributed by atoms with E-state index in [0.29, 0.717) is 6.54 Å². The summed E-state index contributed by atoms with van der Waals surface area (Å²) in [5.74, 6) is 1.12. The maximum Gasteiger partial charge on any atom is 0.231 e. The Balaban J connectivity index is 1.31. The number of aromatic nitrogens is 2. The zero-order valence-corrected chi connectivity index (χ0v) is 16.4. The number of carbonyl (C=O) groups excluding carboxylic acids is 1. The second-order valence-corrected chi connectivity index (χ2v) is 8.36. The summed E-state index contributed by atoms with van der Waals surface area (Å²) < 4.78 is 0. The maximum atomic E-state index is 13.2. The second kappa shape index (κ2) is 7.36. The van der Waals surface area contributed by atoms with Crippen LogP contribution in [0, 0.1) is 5.92 Å². The molecule has 0 N–H and O–H groups in total. The minimum atomic E-state index is 0.0127. The van der Waals surface area contributed by atoms with Crippen molar-refractivity contribution < 1.29 is 4.79 Å². The molecule has 2 aliphatic rings. The van der Waals surface area contributed by atoms with Crippen LogP contribution < -0.4 is 9.80 Å². The van der Waals surface area contributed by atoms with E-state index in [2.05, 4.69) is 33.3 Å². The van der Waals surface area contributed by atoms with Gasteiger partial charge < -0.3 is 9.80 Å². The summed E-state index contributed by atoms with van der Waals surface area (Å²) in [5.41, 5.74) is 3.26. The van der Waals surface area contributed by atoms with Crippen molar-refractivity contribution in [2.24, 2.45) is 5.92 Å². The number of para-hydroxylation sites is 1. The molecule has 1 amide bonds. The van der Waals surface area contributed by atoms with Gasteiger partial charge in [0.05, 0.1) is 10.8 Å². The average Bonchev–Trinajstić information content (AvgIpc) is 3.44. The zero-order valence-electron chi connectivity index (χ0n) is 15.6. The van der Waals surface area contributed by atoms with Crippen molar-refractivity contribution in [3.8, 4) is 10.6 Å². The fraction of sp³-hybridized carbons (Fsp3) is 0.318. The molecule has 5 rings (SSSR count). The summed E-state index contributed by atoms with van der Waals surface area (Å²) in [6, 6.07) is 16.4. The lowest BCUT2D eigenvalue weighted by molar-refractivity contribution is -0.122. The number of piperidine rings is 1. The molecule has 1 aromatic carbocycles. The van der Waals surface area contributed by atoms with E-state index in [4.69, 9.17) is 0 Å². The monoisotopic (exact) mass is 390 g/mol. The van der Waals surface area contributed by atoms with E-state index in [1.807, 2.05) is 40.6 Å². The molecule has 1 atom stereocenters. The van der Waals surface area contributed by atoms with Gasteiger partial charge in [0.25, 0.3) is 0 Å². The Morgan fingerprint density at radius 3 is 2.79 bits per heavy atom. The van der Waals surface area contributed by atoms with Crippen LogP contribution in [0.5, 0.6) is 0 Å². The van der Waals surface area contributed by atoms with Crippen LogP contribution in [0.15, 0.2) is 53.9 Å². The standard InChI is InChI=1S/C22H22N4OS/c27-22(26-13-11-16-5-1-2-7-19(16)26)17-6-3-12-25(15-17)21-10-9-18(23-24-21)20-8-4-14-28-20/h1-2,4-5,7-10,14,17H,3,6,11-13,15H2. The molecule has 2 aromatic heterocycles. The Kier molecular flexibility index (Phi) is 4.56. The van der Waals surface area contributed by atoms with Crippen molar-refractivity contribution >= 4 is 28.7 Å². The third-order valence-corrected chi connectivity index (χ3v) is 6.56. The normalized spacial score (nSPS) is 18.9. The van der Waals surface area contributed by atoms with Crippen LogP contribution in [0.3, 0.4) is 0 Å². The van der Waals surface area contributed by atoms with Gasteiger partial charge in [0.15, 0.2) is 5.82 Å². The van der Waals surface area contributed by atoms with Crippen LogP contribution in [0.25, 0.3) is 10.6 Å². The Morgan fingerprint density at radius 1 is 1.04 bits per heavy atom. The van der Waals surface area contributed by atoms with E-state index >= 15 is 0 Å². The van der Waals surface area contributed by atoms with Crippen molar-refractivity contribution in [3.05, 3.63) is 59.5 Å². The Hall–Kier alpha value is -2.73. The van der Waals surface area contributed by atoms with E-state index in [9.17, 15) is 4.79 Å². The molecule has 5 nitrogen and oxygen atoms in total. The number of anilines is 2. The number of rotatable bonds is 3. The van der Waals surface area contributed by atoms with Crippen molar-refractivity contribution in [2.45, 2.75) is 19.3 Å². The summed E-state index contributed by atoms with van der Waals surface area (Å²) in [5, 5.41) is 10.9. The predicted molar refractivity (Wildman–Crippen MR) is 113 cm³/mol. The van der Waals surface area contributed by atoms with Gasteiger partial charge in [0.2, 0.25) is 5.91 Å². The van der Waals surface area contributed by atoms with E-state index in [1.165, 1.54) is 5.56 Å². The highest BCUT2D eigenvalue weighted by Crippen LogP contribution is 2.31. The molecule has 0 bridgehead atoms. The summed E-state index contributed by atoms with van der Waals surface area (Å²) in [4.78, 5) is 18.5. The van der Waals surface area contributed by atoms with Crippen molar-refractivity contribution in [1.82, 2.24) is 10.2 Å². The SMILES string of the molecule is O=C(C1CCCN(c2ccc(-c3cccs3)nn2)C1)N1CCc2ccccc21. The number of hydrogen-bond acceptors (Lipinski definition) is 5. The maximum absolute atomic E-state index is 13.2. The van der Waals surface area contributed by atoms with Crippen LogP contribution in [-0.4, -0.2) is 35.7 Å². The first kappa shape index (κ1) is 17.4. The van der Waals surface area contributed by atoms with Gasteiger partial charge in [-0.05, 0) is 54.5 Å². The number of carbonyl (C=O) groups is 1. The van der Waals surface area contributed by atoms with Gasteiger partial charge in [-0.2, -0.15) is 0 Å². The highest BCUT2D eigenvalue weighted by molar-refractivity contribution is 7.13. The molecule has 28 heavy (non-hydrogen) atoms. The number of amides is 1.